The highest BCUT2D eigenvalue weighted by molar-refractivity contribution is 5.82. The normalized spacial score (nSPS) is 16.5. The number of rotatable bonds is 6. The van der Waals surface area contributed by atoms with Crippen LogP contribution in [-0.4, -0.2) is 24.6 Å². The number of para-hydroxylation sites is 1. The van der Waals surface area contributed by atoms with Gasteiger partial charge in [0.1, 0.15) is 17.4 Å². The van der Waals surface area contributed by atoms with Crippen LogP contribution in [0.1, 0.15) is 31.0 Å². The summed E-state index contributed by atoms with van der Waals surface area (Å²) in [6.45, 7) is 4.63. The monoisotopic (exact) mass is 289 g/mol. The molecule has 0 aromatic heterocycles. The van der Waals surface area contributed by atoms with Crippen molar-refractivity contribution < 1.29 is 9.53 Å². The van der Waals surface area contributed by atoms with E-state index in [1.165, 1.54) is 0 Å². The molecule has 2 rings (SSSR count). The number of primary amides is 1. The number of azide groups is 1. The maximum absolute atomic E-state index is 11.7. The largest absolute Gasteiger partial charge is 0.487 e. The molecule has 0 fully saturated rings. The van der Waals surface area contributed by atoms with Crippen LogP contribution in [0.5, 0.6) is 5.75 Å². The zero-order valence-corrected chi connectivity index (χ0v) is 12.2. The van der Waals surface area contributed by atoms with Gasteiger partial charge in [0.2, 0.25) is 5.91 Å². The van der Waals surface area contributed by atoms with Gasteiger partial charge in [0.15, 0.2) is 0 Å². The molecule has 3 N–H and O–H groups in total. The lowest BCUT2D eigenvalue weighted by molar-refractivity contribution is -0.120. The summed E-state index contributed by atoms with van der Waals surface area (Å²) in [5.41, 5.74) is 15.3. The number of nitrogens with two attached hydrogens (primary N) is 1. The fraction of sp³-hybridized carbons (Fsp3) is 0.500. The van der Waals surface area contributed by atoms with Gasteiger partial charge in [-0.15, -0.1) is 0 Å². The molecule has 7 nitrogen and oxygen atoms in total. The van der Waals surface area contributed by atoms with E-state index >= 15 is 0 Å². The molecule has 0 saturated heterocycles. The molecule has 7 heteroatoms. The molecule has 1 aliphatic rings. The average Bonchev–Trinajstić information content (AvgIpc) is 2.72. The van der Waals surface area contributed by atoms with Gasteiger partial charge in [-0.1, -0.05) is 23.3 Å². The van der Waals surface area contributed by atoms with Gasteiger partial charge in [-0.25, -0.2) is 0 Å². The van der Waals surface area contributed by atoms with Crippen molar-refractivity contribution in [2.24, 2.45) is 10.8 Å². The number of hydrogen-bond donors (Lipinski definition) is 2. The third-order valence-corrected chi connectivity index (χ3v) is 3.34. The van der Waals surface area contributed by atoms with Crippen molar-refractivity contribution in [1.29, 1.82) is 0 Å². The van der Waals surface area contributed by atoms with E-state index in [-0.39, 0.29) is 12.1 Å². The Bertz CT molecular complexity index is 593. The molecule has 0 spiro atoms. The Hall–Kier alpha value is -2.24. The number of carbonyl (C=O) groups is 1. The van der Waals surface area contributed by atoms with Gasteiger partial charge < -0.3 is 15.8 Å². The third kappa shape index (κ3) is 3.45. The first-order valence-corrected chi connectivity index (χ1v) is 6.79. The Balaban J connectivity index is 2.24. The molecular weight excluding hydrogens is 270 g/mol. The van der Waals surface area contributed by atoms with Crippen molar-refractivity contribution in [2.45, 2.75) is 31.9 Å². The zero-order chi connectivity index (χ0) is 15.5. The lowest BCUT2D eigenvalue weighted by atomic mass is 9.98. The lowest BCUT2D eigenvalue weighted by Gasteiger charge is -2.21. The van der Waals surface area contributed by atoms with E-state index in [4.69, 9.17) is 16.0 Å². The van der Waals surface area contributed by atoms with Gasteiger partial charge >= 0.3 is 0 Å². The highest BCUT2D eigenvalue weighted by atomic mass is 16.5. The summed E-state index contributed by atoms with van der Waals surface area (Å²) >= 11 is 0. The standard InChI is InChI=1S/C14H19N5O2/c1-14(2)8-9-4-3-5-10(12(9)21-14)11(13(15)20)17-6-7-18-19-16/h3-5,11,17H,6-8H2,1-2H3,(H2,15,20). The molecule has 1 atom stereocenters. The summed E-state index contributed by atoms with van der Waals surface area (Å²) < 4.78 is 5.95. The van der Waals surface area contributed by atoms with Crippen LogP contribution >= 0.6 is 0 Å². The maximum atomic E-state index is 11.7. The Morgan fingerprint density at radius 1 is 1.62 bits per heavy atom. The predicted octanol–water partition coefficient (Wildman–Crippen LogP) is 1.83. The minimum Gasteiger partial charge on any atom is -0.487 e. The first-order chi connectivity index (χ1) is 9.94. The second kappa shape index (κ2) is 6.03. The number of benzene rings is 1. The smallest absolute Gasteiger partial charge is 0.239 e. The van der Waals surface area contributed by atoms with Crippen LogP contribution in [0.4, 0.5) is 0 Å². The second-order valence-corrected chi connectivity index (χ2v) is 5.62. The fourth-order valence-corrected chi connectivity index (χ4v) is 2.53. The minimum atomic E-state index is -0.664. The van der Waals surface area contributed by atoms with E-state index in [9.17, 15) is 4.79 Å². The highest BCUT2D eigenvalue weighted by Gasteiger charge is 2.34. The Morgan fingerprint density at radius 2 is 2.38 bits per heavy atom. The maximum Gasteiger partial charge on any atom is 0.239 e. The fourth-order valence-electron chi connectivity index (χ4n) is 2.53. The van der Waals surface area contributed by atoms with Gasteiger partial charge in [0.25, 0.3) is 0 Å². The van der Waals surface area contributed by atoms with E-state index in [0.717, 1.165) is 23.3 Å². The van der Waals surface area contributed by atoms with Crippen LogP contribution in [0.25, 0.3) is 10.4 Å². The molecule has 0 bridgehead atoms. The van der Waals surface area contributed by atoms with Crippen molar-refractivity contribution >= 4 is 5.91 Å². The Morgan fingerprint density at radius 3 is 3.05 bits per heavy atom. The molecule has 0 radical (unpaired) electrons. The van der Waals surface area contributed by atoms with Crippen LogP contribution in [0.2, 0.25) is 0 Å². The molecule has 1 amide bonds. The Labute approximate surface area is 123 Å². The van der Waals surface area contributed by atoms with E-state index in [2.05, 4.69) is 15.3 Å². The van der Waals surface area contributed by atoms with Gasteiger partial charge in [0, 0.05) is 30.0 Å². The SMILES string of the molecule is CC1(C)Cc2cccc(C(NCCN=[N+]=[N-])C(N)=O)c2O1. The average molecular weight is 289 g/mol. The summed E-state index contributed by atoms with van der Waals surface area (Å²) in [6, 6.07) is 5.05. The Kier molecular flexibility index (Phi) is 4.35. The number of hydrogen-bond acceptors (Lipinski definition) is 4. The van der Waals surface area contributed by atoms with Crippen molar-refractivity contribution in [3.63, 3.8) is 0 Å². The molecule has 1 unspecified atom stereocenters. The predicted molar refractivity (Wildman–Crippen MR) is 78.8 cm³/mol. The third-order valence-electron chi connectivity index (χ3n) is 3.34. The zero-order valence-electron chi connectivity index (χ0n) is 12.2. The highest BCUT2D eigenvalue weighted by Crippen LogP contribution is 2.39. The van der Waals surface area contributed by atoms with E-state index < -0.39 is 11.9 Å². The van der Waals surface area contributed by atoms with Crippen LogP contribution in [0.3, 0.4) is 0 Å². The van der Waals surface area contributed by atoms with Crippen LogP contribution < -0.4 is 15.8 Å². The number of ether oxygens (including phenoxy) is 1. The number of nitrogens with one attached hydrogen (secondary N) is 1. The van der Waals surface area contributed by atoms with Crippen molar-refractivity contribution in [1.82, 2.24) is 5.32 Å². The van der Waals surface area contributed by atoms with Gasteiger partial charge in [-0.05, 0) is 24.9 Å². The quantitative estimate of drug-likeness (QED) is 0.360. The first-order valence-electron chi connectivity index (χ1n) is 6.79. The summed E-state index contributed by atoms with van der Waals surface area (Å²) in [6.07, 6.45) is 0.792. The van der Waals surface area contributed by atoms with Gasteiger partial charge in [-0.3, -0.25) is 4.79 Å². The molecular formula is C14H19N5O2. The number of nitrogens with zero attached hydrogens (tertiary/aromatic N) is 3. The van der Waals surface area contributed by atoms with Gasteiger partial charge in [-0.2, -0.15) is 0 Å². The van der Waals surface area contributed by atoms with E-state index in [0.29, 0.717) is 6.54 Å². The molecule has 1 heterocycles. The van der Waals surface area contributed by atoms with Crippen molar-refractivity contribution in [2.75, 3.05) is 13.1 Å². The molecule has 0 aliphatic carbocycles. The van der Waals surface area contributed by atoms with E-state index in [1.807, 2.05) is 32.0 Å². The number of amides is 1. The summed E-state index contributed by atoms with van der Waals surface area (Å²) in [7, 11) is 0. The summed E-state index contributed by atoms with van der Waals surface area (Å²) in [5.74, 6) is 0.236. The first kappa shape index (κ1) is 15.2. The lowest BCUT2D eigenvalue weighted by Crippen LogP contribution is -2.35. The van der Waals surface area contributed by atoms with Crippen LogP contribution in [0, 0.1) is 0 Å². The molecule has 0 saturated carbocycles. The molecule has 21 heavy (non-hydrogen) atoms. The van der Waals surface area contributed by atoms with E-state index in [1.54, 1.807) is 0 Å². The molecule has 112 valence electrons. The van der Waals surface area contributed by atoms with Crippen LogP contribution in [-0.2, 0) is 11.2 Å². The molecule has 1 aromatic carbocycles. The second-order valence-electron chi connectivity index (χ2n) is 5.62. The minimum absolute atomic E-state index is 0.252. The van der Waals surface area contributed by atoms with Gasteiger partial charge in [0.05, 0.1) is 0 Å². The summed E-state index contributed by atoms with van der Waals surface area (Å²) in [5, 5.41) is 6.43. The van der Waals surface area contributed by atoms with Crippen molar-refractivity contribution in [3.8, 4) is 5.75 Å². The summed E-state index contributed by atoms with van der Waals surface area (Å²) in [4.78, 5) is 14.4. The number of fused-ring (bicyclic) bond motifs is 1. The molecule has 1 aromatic rings. The molecule has 1 aliphatic heterocycles. The topological polar surface area (TPSA) is 113 Å². The number of carbonyl (C=O) groups excluding carboxylic acids is 1. The van der Waals surface area contributed by atoms with Crippen molar-refractivity contribution in [3.05, 3.63) is 39.8 Å². The van der Waals surface area contributed by atoms with Crippen LogP contribution in [0.15, 0.2) is 23.3 Å².